The Balaban J connectivity index is 2.59. The normalized spacial score (nSPS) is 13.7. The van der Waals surface area contributed by atoms with Crippen LogP contribution < -0.4 is 10.6 Å². The molecular weight excluding hydrogens is 526 g/mol. The molecule has 3 amide bonds. The van der Waals surface area contributed by atoms with Gasteiger partial charge in [0, 0.05) is 11.8 Å². The number of halogens is 1. The van der Waals surface area contributed by atoms with Gasteiger partial charge < -0.3 is 25.4 Å². The Morgan fingerprint density at radius 1 is 1.13 bits per heavy atom. The lowest BCUT2D eigenvalue weighted by Gasteiger charge is -2.38. The highest BCUT2D eigenvalue weighted by molar-refractivity contribution is 7.80. The third-order valence-electron chi connectivity index (χ3n) is 6.03. The maximum atomic E-state index is 14.0. The second kappa shape index (κ2) is 13.2. The molecule has 0 heterocycles. The van der Waals surface area contributed by atoms with Gasteiger partial charge >= 0.3 is 6.09 Å². The first-order chi connectivity index (χ1) is 17.7. The summed E-state index contributed by atoms with van der Waals surface area (Å²) in [4.78, 5) is 41.9. The minimum absolute atomic E-state index is 0.0163. The van der Waals surface area contributed by atoms with Crippen molar-refractivity contribution in [3.8, 4) is 5.75 Å². The number of aromatic hydroxyl groups is 1. The fourth-order valence-electron chi connectivity index (χ4n) is 3.88. The molecule has 3 atom stereocenters. The van der Waals surface area contributed by atoms with Crippen LogP contribution in [0.3, 0.4) is 0 Å². The molecule has 3 N–H and O–H groups in total. The number of amides is 3. The molecule has 10 heteroatoms. The highest BCUT2D eigenvalue weighted by Gasteiger charge is 2.38. The van der Waals surface area contributed by atoms with Crippen molar-refractivity contribution >= 4 is 47.8 Å². The molecule has 0 saturated carbocycles. The number of carbonyl (C=O) groups excluding carboxylic acids is 3. The maximum Gasteiger partial charge on any atom is 0.408 e. The monoisotopic (exact) mass is 563 g/mol. The summed E-state index contributed by atoms with van der Waals surface area (Å²) in [7, 11) is 0. The topological polar surface area (TPSA) is 108 Å². The molecule has 0 saturated heterocycles. The van der Waals surface area contributed by atoms with E-state index in [-0.39, 0.29) is 11.5 Å². The van der Waals surface area contributed by atoms with Crippen molar-refractivity contribution in [3.63, 3.8) is 0 Å². The molecule has 0 aliphatic rings. The van der Waals surface area contributed by atoms with E-state index in [9.17, 15) is 19.5 Å². The van der Waals surface area contributed by atoms with E-state index in [1.54, 1.807) is 52.0 Å². The second-order valence-corrected chi connectivity index (χ2v) is 11.0. The van der Waals surface area contributed by atoms with Crippen LogP contribution in [-0.4, -0.2) is 51.4 Å². The fourth-order valence-corrected chi connectivity index (χ4v) is 4.40. The number of thiol groups is 1. The predicted octanol–water partition coefficient (Wildman–Crippen LogP) is 5.79. The van der Waals surface area contributed by atoms with Gasteiger partial charge in [-0.15, -0.1) is 0 Å². The summed E-state index contributed by atoms with van der Waals surface area (Å²) in [6, 6.07) is 7.46. The Hall–Kier alpha value is -2.91. The number of rotatable bonds is 9. The summed E-state index contributed by atoms with van der Waals surface area (Å²) in [6.45, 7) is 12.4. The van der Waals surface area contributed by atoms with Crippen molar-refractivity contribution < 1.29 is 24.2 Å². The Bertz CT molecular complexity index is 1150. The van der Waals surface area contributed by atoms with E-state index in [2.05, 4.69) is 23.3 Å². The lowest BCUT2D eigenvalue weighted by atomic mass is 9.98. The Morgan fingerprint density at radius 2 is 1.79 bits per heavy atom. The summed E-state index contributed by atoms with van der Waals surface area (Å²) in [5.74, 6) is -0.939. The van der Waals surface area contributed by atoms with E-state index in [4.69, 9.17) is 16.3 Å². The molecule has 38 heavy (non-hydrogen) atoms. The first-order valence-corrected chi connectivity index (χ1v) is 13.5. The van der Waals surface area contributed by atoms with Crippen LogP contribution in [0, 0.1) is 13.8 Å². The minimum atomic E-state index is -1.10. The van der Waals surface area contributed by atoms with Crippen LogP contribution in [0.1, 0.15) is 63.8 Å². The molecule has 2 rings (SSSR count). The van der Waals surface area contributed by atoms with Gasteiger partial charge in [0.05, 0.1) is 10.7 Å². The number of nitrogens with one attached hydrogen (secondary N) is 2. The molecule has 3 unspecified atom stereocenters. The second-order valence-electron chi connectivity index (χ2n) is 10.3. The molecule has 208 valence electrons. The van der Waals surface area contributed by atoms with Crippen LogP contribution in [-0.2, 0) is 14.3 Å². The number of hydrogen-bond donors (Lipinski definition) is 4. The lowest BCUT2D eigenvalue weighted by Crippen LogP contribution is -2.55. The zero-order valence-corrected chi connectivity index (χ0v) is 24.6. The lowest BCUT2D eigenvalue weighted by molar-refractivity contribution is -0.142. The predicted molar refractivity (Wildman–Crippen MR) is 154 cm³/mol. The van der Waals surface area contributed by atoms with Crippen molar-refractivity contribution in [1.29, 1.82) is 0 Å². The Kier molecular flexibility index (Phi) is 10.9. The summed E-state index contributed by atoms with van der Waals surface area (Å²) < 4.78 is 5.34. The van der Waals surface area contributed by atoms with E-state index in [0.717, 1.165) is 5.56 Å². The van der Waals surface area contributed by atoms with Crippen molar-refractivity contribution in [2.45, 2.75) is 78.6 Å². The third kappa shape index (κ3) is 8.04. The number of anilines is 1. The standard InChI is InChI=1S/C28H38ClN3O5S/c1-8-18(4)32(26(35)21(15-38)30-27(36)37-28(5,6)7)24(19-12-13-22(33)17(3)14-19)25(34)31-23-16(2)10-9-11-20(23)29/h9-14,18,21,24,33,38H,8,15H2,1-7H3,(H,30,36)(H,31,34). The van der Waals surface area contributed by atoms with E-state index >= 15 is 0 Å². The summed E-state index contributed by atoms with van der Waals surface area (Å²) in [5.41, 5.74) is 1.47. The number of nitrogens with zero attached hydrogens (tertiary/aromatic N) is 1. The van der Waals surface area contributed by atoms with Gasteiger partial charge in [0.1, 0.15) is 23.4 Å². The molecule has 0 radical (unpaired) electrons. The average Bonchev–Trinajstić information content (AvgIpc) is 2.83. The minimum Gasteiger partial charge on any atom is -0.508 e. The summed E-state index contributed by atoms with van der Waals surface area (Å²) >= 11 is 10.7. The number of carbonyl (C=O) groups is 3. The summed E-state index contributed by atoms with van der Waals surface area (Å²) in [6.07, 6.45) is -0.231. The molecule has 2 aromatic carbocycles. The van der Waals surface area contributed by atoms with Gasteiger partial charge in [0.2, 0.25) is 5.91 Å². The zero-order valence-electron chi connectivity index (χ0n) is 23.0. The van der Waals surface area contributed by atoms with Gasteiger partial charge in [-0.25, -0.2) is 4.79 Å². The van der Waals surface area contributed by atoms with Crippen LogP contribution in [0.25, 0.3) is 0 Å². The van der Waals surface area contributed by atoms with Crippen molar-refractivity contribution in [2.24, 2.45) is 0 Å². The van der Waals surface area contributed by atoms with Crippen LogP contribution in [0.15, 0.2) is 36.4 Å². The smallest absolute Gasteiger partial charge is 0.408 e. The molecule has 0 fully saturated rings. The molecule has 0 bridgehead atoms. The maximum absolute atomic E-state index is 14.0. The number of phenols is 1. The number of aryl methyl sites for hydroxylation is 2. The SMILES string of the molecule is CCC(C)N(C(=O)C(CS)NC(=O)OC(C)(C)C)C(C(=O)Nc1c(C)cccc1Cl)c1ccc(O)c(C)c1. The van der Waals surface area contributed by atoms with Crippen LogP contribution in [0.2, 0.25) is 5.02 Å². The highest BCUT2D eigenvalue weighted by atomic mass is 35.5. The first kappa shape index (κ1) is 31.3. The number of alkyl carbamates (subject to hydrolysis) is 1. The van der Waals surface area contributed by atoms with Gasteiger partial charge in [-0.3, -0.25) is 9.59 Å². The molecule has 0 aliphatic carbocycles. The van der Waals surface area contributed by atoms with Crippen LogP contribution in [0.5, 0.6) is 5.75 Å². The van der Waals surface area contributed by atoms with E-state index in [1.165, 1.54) is 11.0 Å². The number of ether oxygens (including phenoxy) is 1. The number of phenolic OH excluding ortho intramolecular Hbond substituents is 1. The molecular formula is C28H38ClN3O5S. The van der Waals surface area contributed by atoms with Crippen molar-refractivity contribution in [3.05, 3.63) is 58.1 Å². The van der Waals surface area contributed by atoms with Crippen LogP contribution >= 0.6 is 24.2 Å². The quantitative estimate of drug-likeness (QED) is 0.289. The fraction of sp³-hybridized carbons (Fsp3) is 0.464. The van der Waals surface area contributed by atoms with Gasteiger partial charge in [0.15, 0.2) is 0 Å². The van der Waals surface area contributed by atoms with Gasteiger partial charge in [-0.05, 0) is 82.9 Å². The van der Waals surface area contributed by atoms with E-state index < -0.39 is 41.6 Å². The molecule has 0 aliphatic heterocycles. The number of para-hydroxylation sites is 1. The molecule has 0 spiro atoms. The van der Waals surface area contributed by atoms with Gasteiger partial charge in [-0.2, -0.15) is 12.6 Å². The summed E-state index contributed by atoms with van der Waals surface area (Å²) in [5, 5.41) is 16.0. The molecule has 8 nitrogen and oxygen atoms in total. The first-order valence-electron chi connectivity index (χ1n) is 12.5. The highest BCUT2D eigenvalue weighted by Crippen LogP contribution is 2.32. The number of hydrogen-bond acceptors (Lipinski definition) is 6. The van der Waals surface area contributed by atoms with Gasteiger partial charge in [0.25, 0.3) is 5.91 Å². The molecule has 2 aromatic rings. The van der Waals surface area contributed by atoms with Crippen molar-refractivity contribution in [2.75, 3.05) is 11.1 Å². The Labute approximate surface area is 235 Å². The van der Waals surface area contributed by atoms with E-state index in [1.807, 2.05) is 26.8 Å². The van der Waals surface area contributed by atoms with Gasteiger partial charge in [-0.1, -0.05) is 36.7 Å². The Morgan fingerprint density at radius 3 is 2.32 bits per heavy atom. The average molecular weight is 564 g/mol. The largest absolute Gasteiger partial charge is 0.508 e. The zero-order chi connectivity index (χ0) is 28.8. The third-order valence-corrected chi connectivity index (χ3v) is 6.71. The van der Waals surface area contributed by atoms with Crippen LogP contribution in [0.4, 0.5) is 10.5 Å². The van der Waals surface area contributed by atoms with Crippen molar-refractivity contribution in [1.82, 2.24) is 10.2 Å². The molecule has 0 aromatic heterocycles. The van der Waals surface area contributed by atoms with E-state index in [0.29, 0.717) is 28.3 Å². The number of benzene rings is 2.